The van der Waals surface area contributed by atoms with Crippen LogP contribution in [-0.4, -0.2) is 50.2 Å². The number of carbonyl (C=O) groups is 1. The standard InChI is InChI=1S/C20H23BrN2O4S2/c1-15(28-18-6-4-17(21)5-7-18)20(24)22-14-16-2-8-19(9-3-16)29(25,26)23-10-12-27-13-11-23/h2-9,15H,10-14H2,1H3,(H,22,24). The maximum absolute atomic E-state index is 12.6. The predicted octanol–water partition coefficient (Wildman–Crippen LogP) is 3.27. The minimum Gasteiger partial charge on any atom is -0.379 e. The average Bonchev–Trinajstić information content (AvgIpc) is 2.74. The third-order valence-electron chi connectivity index (χ3n) is 4.49. The molecule has 1 aliphatic rings. The molecular formula is C20H23BrN2O4S2. The molecule has 1 N–H and O–H groups in total. The third kappa shape index (κ3) is 6.05. The van der Waals surface area contributed by atoms with E-state index in [1.165, 1.54) is 16.1 Å². The Morgan fingerprint density at radius 3 is 2.38 bits per heavy atom. The molecule has 2 aromatic carbocycles. The lowest BCUT2D eigenvalue weighted by Gasteiger charge is -2.26. The first kappa shape index (κ1) is 22.3. The first-order valence-corrected chi connectivity index (χ1v) is 12.3. The Morgan fingerprint density at radius 2 is 1.76 bits per heavy atom. The number of hydrogen-bond acceptors (Lipinski definition) is 5. The van der Waals surface area contributed by atoms with Crippen LogP contribution in [0, 0.1) is 0 Å². The van der Waals surface area contributed by atoms with Gasteiger partial charge in [-0.3, -0.25) is 4.79 Å². The SMILES string of the molecule is CC(Sc1ccc(Br)cc1)C(=O)NCc1ccc(S(=O)(=O)N2CCOCC2)cc1. The number of nitrogens with zero attached hydrogens (tertiary/aromatic N) is 1. The van der Waals surface area contributed by atoms with Crippen molar-refractivity contribution in [3.63, 3.8) is 0 Å². The molecule has 6 nitrogen and oxygen atoms in total. The fourth-order valence-corrected chi connectivity index (χ4v) is 5.38. The van der Waals surface area contributed by atoms with E-state index in [2.05, 4.69) is 21.2 Å². The van der Waals surface area contributed by atoms with Gasteiger partial charge < -0.3 is 10.1 Å². The molecule has 0 saturated carbocycles. The van der Waals surface area contributed by atoms with Crippen molar-refractivity contribution >= 4 is 43.6 Å². The molecule has 1 heterocycles. The molecule has 3 rings (SSSR count). The zero-order valence-corrected chi connectivity index (χ0v) is 19.2. The largest absolute Gasteiger partial charge is 0.379 e. The third-order valence-corrected chi connectivity index (χ3v) is 8.05. The van der Waals surface area contributed by atoms with Crippen LogP contribution >= 0.6 is 27.7 Å². The van der Waals surface area contributed by atoms with Crippen molar-refractivity contribution in [3.05, 3.63) is 58.6 Å². The lowest BCUT2D eigenvalue weighted by molar-refractivity contribution is -0.120. The number of nitrogens with one attached hydrogen (secondary N) is 1. The summed E-state index contributed by atoms with van der Waals surface area (Å²) in [6.07, 6.45) is 0. The molecule has 2 aromatic rings. The van der Waals surface area contributed by atoms with Crippen molar-refractivity contribution in [1.29, 1.82) is 0 Å². The van der Waals surface area contributed by atoms with E-state index >= 15 is 0 Å². The maximum atomic E-state index is 12.6. The zero-order valence-electron chi connectivity index (χ0n) is 16.0. The van der Waals surface area contributed by atoms with E-state index in [1.54, 1.807) is 24.3 Å². The number of carbonyl (C=O) groups excluding carboxylic acids is 1. The number of benzene rings is 2. The van der Waals surface area contributed by atoms with Gasteiger partial charge in [0, 0.05) is 29.0 Å². The Hall–Kier alpha value is -1.39. The van der Waals surface area contributed by atoms with Gasteiger partial charge in [0.25, 0.3) is 0 Å². The second-order valence-corrected chi connectivity index (χ2v) is 10.9. The van der Waals surface area contributed by atoms with Crippen molar-refractivity contribution in [2.45, 2.75) is 28.5 Å². The number of rotatable bonds is 7. The minimum atomic E-state index is -3.50. The van der Waals surface area contributed by atoms with Gasteiger partial charge in [0.1, 0.15) is 0 Å². The summed E-state index contributed by atoms with van der Waals surface area (Å²) in [7, 11) is -3.50. The van der Waals surface area contributed by atoms with Gasteiger partial charge in [-0.05, 0) is 48.9 Å². The van der Waals surface area contributed by atoms with Crippen molar-refractivity contribution in [2.75, 3.05) is 26.3 Å². The van der Waals surface area contributed by atoms with Gasteiger partial charge in [0.2, 0.25) is 15.9 Å². The molecule has 1 fully saturated rings. The monoisotopic (exact) mass is 498 g/mol. The van der Waals surface area contributed by atoms with Gasteiger partial charge in [-0.2, -0.15) is 4.31 Å². The molecule has 0 spiro atoms. The number of sulfonamides is 1. The normalized spacial score (nSPS) is 16.3. The smallest absolute Gasteiger partial charge is 0.243 e. The van der Waals surface area contributed by atoms with Crippen molar-refractivity contribution in [2.24, 2.45) is 0 Å². The van der Waals surface area contributed by atoms with Crippen molar-refractivity contribution in [1.82, 2.24) is 9.62 Å². The number of hydrogen-bond donors (Lipinski definition) is 1. The van der Waals surface area contributed by atoms with Gasteiger partial charge in [-0.1, -0.05) is 28.1 Å². The predicted molar refractivity (Wildman–Crippen MR) is 117 cm³/mol. The quantitative estimate of drug-likeness (QED) is 0.592. The Balaban J connectivity index is 1.54. The second kappa shape index (κ2) is 10.1. The van der Waals surface area contributed by atoms with Crippen LogP contribution in [0.1, 0.15) is 12.5 Å². The van der Waals surface area contributed by atoms with Gasteiger partial charge in [0.05, 0.1) is 23.4 Å². The van der Waals surface area contributed by atoms with Crippen LogP contribution in [0.5, 0.6) is 0 Å². The lowest BCUT2D eigenvalue weighted by Crippen LogP contribution is -2.40. The Bertz CT molecular complexity index is 928. The molecule has 1 saturated heterocycles. The molecule has 1 atom stereocenters. The average molecular weight is 499 g/mol. The highest BCUT2D eigenvalue weighted by Gasteiger charge is 2.26. The van der Waals surface area contributed by atoms with E-state index in [0.29, 0.717) is 32.8 Å². The van der Waals surface area contributed by atoms with Crippen molar-refractivity contribution in [3.8, 4) is 0 Å². The van der Waals surface area contributed by atoms with Crippen LogP contribution in [0.3, 0.4) is 0 Å². The highest BCUT2D eigenvalue weighted by molar-refractivity contribution is 9.10. The van der Waals surface area contributed by atoms with E-state index in [1.807, 2.05) is 31.2 Å². The molecule has 0 aromatic heterocycles. The summed E-state index contributed by atoms with van der Waals surface area (Å²) < 4.78 is 32.9. The number of thioether (sulfide) groups is 1. The molecular weight excluding hydrogens is 476 g/mol. The van der Waals surface area contributed by atoms with Gasteiger partial charge >= 0.3 is 0 Å². The molecule has 1 aliphatic heterocycles. The fraction of sp³-hybridized carbons (Fsp3) is 0.350. The van der Waals surface area contributed by atoms with E-state index in [0.717, 1.165) is 14.9 Å². The van der Waals surface area contributed by atoms with E-state index in [9.17, 15) is 13.2 Å². The summed E-state index contributed by atoms with van der Waals surface area (Å²) in [5.41, 5.74) is 0.847. The highest BCUT2D eigenvalue weighted by atomic mass is 79.9. The first-order valence-electron chi connectivity index (χ1n) is 9.23. The summed E-state index contributed by atoms with van der Waals surface area (Å²) in [4.78, 5) is 13.6. The summed E-state index contributed by atoms with van der Waals surface area (Å²) in [6, 6.07) is 14.5. The van der Waals surface area contributed by atoms with Gasteiger partial charge in [0.15, 0.2) is 0 Å². The Kier molecular flexibility index (Phi) is 7.75. The van der Waals surface area contributed by atoms with E-state index in [-0.39, 0.29) is 16.1 Å². The molecule has 156 valence electrons. The van der Waals surface area contributed by atoms with Gasteiger partial charge in [-0.15, -0.1) is 11.8 Å². The lowest BCUT2D eigenvalue weighted by atomic mass is 10.2. The molecule has 0 aliphatic carbocycles. The number of morpholine rings is 1. The minimum absolute atomic E-state index is 0.0667. The summed E-state index contributed by atoms with van der Waals surface area (Å²) in [5, 5.41) is 2.67. The van der Waals surface area contributed by atoms with Gasteiger partial charge in [-0.25, -0.2) is 8.42 Å². The highest BCUT2D eigenvalue weighted by Crippen LogP contribution is 2.25. The maximum Gasteiger partial charge on any atom is 0.243 e. The zero-order chi connectivity index (χ0) is 20.9. The summed E-state index contributed by atoms with van der Waals surface area (Å²) in [5.74, 6) is -0.0667. The van der Waals surface area contributed by atoms with Crippen LogP contribution < -0.4 is 5.32 Å². The molecule has 9 heteroatoms. The molecule has 1 unspecified atom stereocenters. The topological polar surface area (TPSA) is 75.7 Å². The Labute approximate surface area is 184 Å². The van der Waals surface area contributed by atoms with Crippen LogP contribution in [0.2, 0.25) is 0 Å². The van der Waals surface area contributed by atoms with Crippen LogP contribution in [-0.2, 0) is 26.1 Å². The molecule has 0 radical (unpaired) electrons. The summed E-state index contributed by atoms with van der Waals surface area (Å²) in [6.45, 7) is 3.78. The van der Waals surface area contributed by atoms with E-state index in [4.69, 9.17) is 4.74 Å². The first-order chi connectivity index (χ1) is 13.9. The fourth-order valence-electron chi connectivity index (χ4n) is 2.82. The van der Waals surface area contributed by atoms with Crippen LogP contribution in [0.25, 0.3) is 0 Å². The van der Waals surface area contributed by atoms with Crippen LogP contribution in [0.15, 0.2) is 62.8 Å². The number of halogens is 1. The molecule has 29 heavy (non-hydrogen) atoms. The van der Waals surface area contributed by atoms with Crippen LogP contribution in [0.4, 0.5) is 0 Å². The van der Waals surface area contributed by atoms with E-state index < -0.39 is 10.0 Å². The Morgan fingerprint density at radius 1 is 1.14 bits per heavy atom. The summed E-state index contributed by atoms with van der Waals surface area (Å²) >= 11 is 4.89. The second-order valence-electron chi connectivity index (χ2n) is 6.59. The number of amides is 1. The molecule has 0 bridgehead atoms. The molecule has 1 amide bonds. The van der Waals surface area contributed by atoms with Crippen molar-refractivity contribution < 1.29 is 17.9 Å². The number of ether oxygens (including phenoxy) is 1.